The first-order valence-electron chi connectivity index (χ1n) is 7.85. The number of methoxy groups -OCH3 is 1. The Labute approximate surface area is 150 Å². The number of carbonyl (C=O) groups excluding carboxylic acids is 1. The van der Waals surface area contributed by atoms with Gasteiger partial charge in [-0.15, -0.1) is 0 Å². The number of nitrogens with zero attached hydrogens (tertiary/aromatic N) is 1. The third-order valence-electron chi connectivity index (χ3n) is 3.35. The quantitative estimate of drug-likeness (QED) is 0.829. The van der Waals surface area contributed by atoms with Crippen LogP contribution >= 0.6 is 15.9 Å². The van der Waals surface area contributed by atoms with Crippen LogP contribution < -0.4 is 14.8 Å². The molecule has 0 fully saturated rings. The van der Waals surface area contributed by atoms with E-state index in [0.717, 1.165) is 15.4 Å². The van der Waals surface area contributed by atoms with Crippen molar-refractivity contribution in [2.45, 2.75) is 45.8 Å². The van der Waals surface area contributed by atoms with Gasteiger partial charge in [-0.1, -0.05) is 6.92 Å². The van der Waals surface area contributed by atoms with Crippen LogP contribution in [0.25, 0.3) is 10.9 Å². The van der Waals surface area contributed by atoms with Crippen molar-refractivity contribution in [2.24, 2.45) is 0 Å². The van der Waals surface area contributed by atoms with E-state index in [-0.39, 0.29) is 11.4 Å². The van der Waals surface area contributed by atoms with Crippen LogP contribution in [0.4, 0.5) is 0 Å². The highest BCUT2D eigenvalue weighted by molar-refractivity contribution is 9.10. The number of nitrogens with one attached hydrogen (secondary N) is 1. The number of amides is 1. The zero-order valence-corrected chi connectivity index (χ0v) is 16.2. The molecular formula is C18H23BrN2O3. The van der Waals surface area contributed by atoms with E-state index in [2.05, 4.69) is 26.2 Å². The molecule has 0 radical (unpaired) electrons. The van der Waals surface area contributed by atoms with Gasteiger partial charge in [-0.3, -0.25) is 9.78 Å². The zero-order chi connectivity index (χ0) is 17.9. The Balaban J connectivity index is 2.32. The van der Waals surface area contributed by atoms with Crippen LogP contribution in [0.1, 0.15) is 34.1 Å². The summed E-state index contributed by atoms with van der Waals surface area (Å²) < 4.78 is 12.2. The Kier molecular flexibility index (Phi) is 5.70. The van der Waals surface area contributed by atoms with E-state index in [0.29, 0.717) is 17.9 Å². The Morgan fingerprint density at radius 3 is 2.62 bits per heavy atom. The van der Waals surface area contributed by atoms with Crippen molar-refractivity contribution >= 4 is 32.7 Å². The summed E-state index contributed by atoms with van der Waals surface area (Å²) in [6.07, 6.45) is 1.72. The fraction of sp³-hybridized carbons (Fsp3) is 0.444. The molecule has 0 saturated carbocycles. The van der Waals surface area contributed by atoms with Crippen molar-refractivity contribution in [2.75, 3.05) is 7.11 Å². The number of aromatic nitrogens is 1. The van der Waals surface area contributed by atoms with Gasteiger partial charge in [-0.05, 0) is 55.3 Å². The van der Waals surface area contributed by atoms with E-state index in [1.54, 1.807) is 19.4 Å². The number of rotatable bonds is 5. The summed E-state index contributed by atoms with van der Waals surface area (Å²) in [6.45, 7) is 7.75. The number of benzene rings is 1. The minimum Gasteiger partial charge on any atom is -0.494 e. The Morgan fingerprint density at radius 1 is 1.33 bits per heavy atom. The Hall–Kier alpha value is -1.82. The summed E-state index contributed by atoms with van der Waals surface area (Å²) in [7, 11) is 1.59. The van der Waals surface area contributed by atoms with E-state index in [4.69, 9.17) is 9.47 Å². The Bertz CT molecular complexity index is 741. The van der Waals surface area contributed by atoms with Crippen LogP contribution in [-0.4, -0.2) is 29.6 Å². The lowest BCUT2D eigenvalue weighted by Crippen LogP contribution is -2.47. The van der Waals surface area contributed by atoms with Crippen molar-refractivity contribution in [1.82, 2.24) is 10.3 Å². The minimum absolute atomic E-state index is 0.128. The van der Waals surface area contributed by atoms with E-state index in [1.165, 1.54) is 0 Å². The van der Waals surface area contributed by atoms with Gasteiger partial charge in [0.2, 0.25) is 0 Å². The van der Waals surface area contributed by atoms with Crippen LogP contribution in [0.5, 0.6) is 11.5 Å². The van der Waals surface area contributed by atoms with Crippen molar-refractivity contribution in [3.63, 3.8) is 0 Å². The average Bonchev–Trinajstić information content (AvgIpc) is 2.49. The lowest BCUT2D eigenvalue weighted by Gasteiger charge is -2.25. The molecule has 6 heteroatoms. The van der Waals surface area contributed by atoms with Crippen molar-refractivity contribution in [1.29, 1.82) is 0 Å². The number of hydrogen-bond acceptors (Lipinski definition) is 4. The fourth-order valence-corrected chi connectivity index (χ4v) is 2.67. The second-order valence-electron chi connectivity index (χ2n) is 6.60. The summed E-state index contributed by atoms with van der Waals surface area (Å²) >= 11 is 3.42. The maximum Gasteiger partial charge on any atom is 0.261 e. The van der Waals surface area contributed by atoms with Gasteiger partial charge in [-0.2, -0.15) is 0 Å². The monoisotopic (exact) mass is 394 g/mol. The molecule has 0 saturated heterocycles. The number of hydrogen-bond donors (Lipinski definition) is 1. The molecule has 0 bridgehead atoms. The first-order chi connectivity index (χ1) is 11.2. The molecule has 1 aromatic carbocycles. The van der Waals surface area contributed by atoms with Gasteiger partial charge >= 0.3 is 0 Å². The highest BCUT2D eigenvalue weighted by Crippen LogP contribution is 2.31. The van der Waals surface area contributed by atoms with Crippen molar-refractivity contribution in [3.8, 4) is 11.5 Å². The van der Waals surface area contributed by atoms with Gasteiger partial charge in [-0.25, -0.2) is 0 Å². The molecule has 2 aromatic rings. The number of halogens is 1. The predicted molar refractivity (Wildman–Crippen MR) is 98.6 cm³/mol. The molecule has 1 heterocycles. The molecule has 0 aliphatic heterocycles. The smallest absolute Gasteiger partial charge is 0.261 e. The summed E-state index contributed by atoms with van der Waals surface area (Å²) in [5.74, 6) is 1.06. The molecule has 0 spiro atoms. The molecule has 0 aliphatic rings. The van der Waals surface area contributed by atoms with Gasteiger partial charge in [0.1, 0.15) is 17.0 Å². The largest absolute Gasteiger partial charge is 0.494 e. The molecule has 1 aromatic heterocycles. The van der Waals surface area contributed by atoms with Gasteiger partial charge in [0, 0.05) is 27.7 Å². The van der Waals surface area contributed by atoms with E-state index in [9.17, 15) is 4.79 Å². The maximum absolute atomic E-state index is 12.4. The molecule has 1 N–H and O–H groups in total. The van der Waals surface area contributed by atoms with Crippen LogP contribution in [0.15, 0.2) is 28.9 Å². The lowest BCUT2D eigenvalue weighted by molar-refractivity contribution is -0.129. The summed E-state index contributed by atoms with van der Waals surface area (Å²) in [4.78, 5) is 16.7. The highest BCUT2D eigenvalue weighted by Gasteiger charge is 2.23. The van der Waals surface area contributed by atoms with E-state index < -0.39 is 6.10 Å². The topological polar surface area (TPSA) is 60.5 Å². The number of carbonyl (C=O) groups is 1. The second-order valence-corrected chi connectivity index (χ2v) is 7.52. The van der Waals surface area contributed by atoms with E-state index in [1.807, 2.05) is 39.8 Å². The number of fused-ring (bicyclic) bond motifs is 1. The number of ether oxygens (including phenoxy) is 2. The van der Waals surface area contributed by atoms with Crippen molar-refractivity contribution < 1.29 is 14.3 Å². The van der Waals surface area contributed by atoms with Crippen LogP contribution in [0.2, 0.25) is 0 Å². The lowest BCUT2D eigenvalue weighted by atomic mass is 10.1. The van der Waals surface area contributed by atoms with E-state index >= 15 is 0 Å². The first kappa shape index (κ1) is 18.5. The average molecular weight is 395 g/mol. The molecule has 1 unspecified atom stereocenters. The molecule has 0 aliphatic carbocycles. The van der Waals surface area contributed by atoms with Gasteiger partial charge < -0.3 is 14.8 Å². The SMILES string of the molecule is CCC(Oc1cc(OC)c2ncc(Br)cc2c1)C(=O)NC(C)(C)C. The zero-order valence-electron chi connectivity index (χ0n) is 14.6. The predicted octanol–water partition coefficient (Wildman–Crippen LogP) is 4.08. The molecule has 5 nitrogen and oxygen atoms in total. The molecule has 24 heavy (non-hydrogen) atoms. The number of pyridine rings is 1. The van der Waals surface area contributed by atoms with Crippen LogP contribution in [0, 0.1) is 0 Å². The second kappa shape index (κ2) is 7.38. The molecule has 130 valence electrons. The normalized spacial score (nSPS) is 12.8. The third kappa shape index (κ3) is 4.60. The molecule has 1 atom stereocenters. The van der Waals surface area contributed by atoms with Gasteiger partial charge in [0.15, 0.2) is 6.10 Å². The van der Waals surface area contributed by atoms with Crippen molar-refractivity contribution in [3.05, 3.63) is 28.9 Å². The standard InChI is InChI=1S/C18H23BrN2O3/c1-6-14(17(22)21-18(2,3)4)24-13-8-11-7-12(19)10-20-16(11)15(9-13)23-5/h7-10,14H,6H2,1-5H3,(H,21,22). The molecular weight excluding hydrogens is 372 g/mol. The third-order valence-corrected chi connectivity index (χ3v) is 3.78. The molecule has 2 rings (SSSR count). The summed E-state index contributed by atoms with van der Waals surface area (Å²) in [5.41, 5.74) is 0.448. The summed E-state index contributed by atoms with van der Waals surface area (Å²) in [5, 5.41) is 3.83. The molecule has 1 amide bonds. The van der Waals surface area contributed by atoms with Crippen LogP contribution in [-0.2, 0) is 4.79 Å². The first-order valence-corrected chi connectivity index (χ1v) is 8.64. The van der Waals surface area contributed by atoms with Crippen LogP contribution in [0.3, 0.4) is 0 Å². The van der Waals surface area contributed by atoms with Gasteiger partial charge in [0.05, 0.1) is 7.11 Å². The Morgan fingerprint density at radius 2 is 2.04 bits per heavy atom. The maximum atomic E-state index is 12.4. The summed E-state index contributed by atoms with van der Waals surface area (Å²) in [6, 6.07) is 5.56. The highest BCUT2D eigenvalue weighted by atomic mass is 79.9. The van der Waals surface area contributed by atoms with Gasteiger partial charge in [0.25, 0.3) is 5.91 Å². The minimum atomic E-state index is -0.563. The fourth-order valence-electron chi connectivity index (χ4n) is 2.32.